The van der Waals surface area contributed by atoms with Gasteiger partial charge in [0, 0.05) is 13.2 Å². The molecule has 3 heteroatoms. The van der Waals surface area contributed by atoms with Gasteiger partial charge in [-0.05, 0) is 62.2 Å². The van der Waals surface area contributed by atoms with E-state index in [1.54, 1.807) is 0 Å². The molecule has 2 aliphatic rings. The molecule has 0 aromatic rings. The maximum absolute atomic E-state index is 5.70. The van der Waals surface area contributed by atoms with Crippen LogP contribution in [0.15, 0.2) is 0 Å². The molecular weight excluding hydrogens is 336 g/mol. The Morgan fingerprint density at radius 2 is 0.889 bits per heavy atom. The van der Waals surface area contributed by atoms with Crippen LogP contribution in [-0.2, 0) is 14.2 Å². The normalized spacial score (nSPS) is 28.2. The van der Waals surface area contributed by atoms with E-state index >= 15 is 0 Å². The fourth-order valence-corrected chi connectivity index (χ4v) is 5.11. The highest BCUT2D eigenvalue weighted by atomic mass is 16.5. The van der Waals surface area contributed by atoms with Gasteiger partial charge in [0.1, 0.15) is 0 Å². The third kappa shape index (κ3) is 10.3. The highest BCUT2D eigenvalue weighted by Crippen LogP contribution is 2.36. The minimum atomic E-state index is 0.700. The highest BCUT2D eigenvalue weighted by molar-refractivity contribution is 4.75. The molecule has 160 valence electrons. The molecule has 2 saturated carbocycles. The minimum absolute atomic E-state index is 0.700. The van der Waals surface area contributed by atoms with Crippen LogP contribution in [0.5, 0.6) is 0 Å². The Morgan fingerprint density at radius 3 is 1.26 bits per heavy atom. The summed E-state index contributed by atoms with van der Waals surface area (Å²) in [4.78, 5) is 0. The van der Waals surface area contributed by atoms with Crippen molar-refractivity contribution in [2.75, 3.05) is 39.6 Å². The SMILES string of the molecule is CCC1CCC(CCCOCCOCCOCCCC2CCC(CC)C2)C1. The summed E-state index contributed by atoms with van der Waals surface area (Å²) in [6.07, 6.45) is 16.6. The molecule has 2 aliphatic carbocycles. The van der Waals surface area contributed by atoms with Crippen LogP contribution in [0.25, 0.3) is 0 Å². The molecule has 0 amide bonds. The topological polar surface area (TPSA) is 27.7 Å². The molecule has 0 radical (unpaired) electrons. The summed E-state index contributed by atoms with van der Waals surface area (Å²) in [5.74, 6) is 3.94. The lowest BCUT2D eigenvalue weighted by Gasteiger charge is -2.11. The molecule has 0 saturated heterocycles. The third-order valence-electron chi connectivity index (χ3n) is 7.00. The van der Waals surface area contributed by atoms with E-state index in [0.29, 0.717) is 13.2 Å². The van der Waals surface area contributed by atoms with Crippen LogP contribution in [0.4, 0.5) is 0 Å². The summed E-state index contributed by atoms with van der Waals surface area (Å²) in [5.41, 5.74) is 0. The summed E-state index contributed by atoms with van der Waals surface area (Å²) >= 11 is 0. The van der Waals surface area contributed by atoms with Crippen LogP contribution in [-0.4, -0.2) is 39.6 Å². The maximum atomic E-state index is 5.70. The van der Waals surface area contributed by atoms with Gasteiger partial charge in [0.2, 0.25) is 0 Å². The van der Waals surface area contributed by atoms with Crippen LogP contribution in [0.3, 0.4) is 0 Å². The van der Waals surface area contributed by atoms with E-state index < -0.39 is 0 Å². The van der Waals surface area contributed by atoms with E-state index in [4.69, 9.17) is 14.2 Å². The fourth-order valence-electron chi connectivity index (χ4n) is 5.11. The Morgan fingerprint density at radius 1 is 0.519 bits per heavy atom. The van der Waals surface area contributed by atoms with Crippen LogP contribution < -0.4 is 0 Å². The van der Waals surface area contributed by atoms with Crippen LogP contribution in [0.2, 0.25) is 0 Å². The summed E-state index contributed by atoms with van der Waals surface area (Å²) in [6, 6.07) is 0. The predicted octanol–water partition coefficient (Wildman–Crippen LogP) is 6.25. The zero-order valence-corrected chi connectivity index (χ0v) is 18.3. The van der Waals surface area contributed by atoms with E-state index in [-0.39, 0.29) is 0 Å². The van der Waals surface area contributed by atoms with Crippen molar-refractivity contribution in [3.8, 4) is 0 Å². The smallest absolute Gasteiger partial charge is 0.0701 e. The van der Waals surface area contributed by atoms with Gasteiger partial charge in [-0.2, -0.15) is 0 Å². The third-order valence-corrected chi connectivity index (χ3v) is 7.00. The average Bonchev–Trinajstić information content (AvgIpc) is 3.34. The number of hydrogen-bond donors (Lipinski definition) is 0. The minimum Gasteiger partial charge on any atom is -0.379 e. The van der Waals surface area contributed by atoms with E-state index in [1.807, 2.05) is 0 Å². The van der Waals surface area contributed by atoms with Crippen molar-refractivity contribution in [3.05, 3.63) is 0 Å². The quantitative estimate of drug-likeness (QED) is 0.295. The predicted molar refractivity (Wildman–Crippen MR) is 113 cm³/mol. The Kier molecular flexibility index (Phi) is 12.7. The first kappa shape index (κ1) is 23.2. The van der Waals surface area contributed by atoms with Gasteiger partial charge in [-0.15, -0.1) is 0 Å². The van der Waals surface area contributed by atoms with Gasteiger partial charge < -0.3 is 14.2 Å². The molecule has 4 unspecified atom stereocenters. The van der Waals surface area contributed by atoms with Gasteiger partial charge in [0.05, 0.1) is 26.4 Å². The average molecular weight is 383 g/mol. The van der Waals surface area contributed by atoms with Crippen molar-refractivity contribution in [1.29, 1.82) is 0 Å². The lowest BCUT2D eigenvalue weighted by Crippen LogP contribution is -2.11. The molecule has 2 fully saturated rings. The molecule has 0 aliphatic heterocycles. The number of hydrogen-bond acceptors (Lipinski definition) is 3. The molecule has 0 aromatic heterocycles. The second kappa shape index (κ2) is 14.8. The summed E-state index contributed by atoms with van der Waals surface area (Å²) in [6.45, 7) is 9.31. The van der Waals surface area contributed by atoms with E-state index in [9.17, 15) is 0 Å². The molecular formula is C24H46O3. The van der Waals surface area contributed by atoms with Crippen molar-refractivity contribution in [2.45, 2.75) is 90.9 Å². The molecule has 0 bridgehead atoms. The van der Waals surface area contributed by atoms with Gasteiger partial charge in [-0.25, -0.2) is 0 Å². The fraction of sp³-hybridized carbons (Fsp3) is 1.00. The van der Waals surface area contributed by atoms with E-state index in [0.717, 1.165) is 50.1 Å². The number of rotatable bonds is 16. The van der Waals surface area contributed by atoms with Crippen molar-refractivity contribution in [1.82, 2.24) is 0 Å². The summed E-state index contributed by atoms with van der Waals surface area (Å²) in [5, 5.41) is 0. The summed E-state index contributed by atoms with van der Waals surface area (Å²) < 4.78 is 17.0. The molecule has 0 heterocycles. The van der Waals surface area contributed by atoms with Crippen LogP contribution in [0.1, 0.15) is 90.9 Å². The van der Waals surface area contributed by atoms with Crippen LogP contribution >= 0.6 is 0 Å². The van der Waals surface area contributed by atoms with Gasteiger partial charge in [0.25, 0.3) is 0 Å². The first-order valence-electron chi connectivity index (χ1n) is 12.0. The van der Waals surface area contributed by atoms with Crippen LogP contribution in [0, 0.1) is 23.7 Å². The lowest BCUT2D eigenvalue weighted by atomic mass is 9.99. The lowest BCUT2D eigenvalue weighted by molar-refractivity contribution is 0.0124. The zero-order chi connectivity index (χ0) is 19.2. The summed E-state index contributed by atoms with van der Waals surface area (Å²) in [7, 11) is 0. The monoisotopic (exact) mass is 382 g/mol. The molecule has 0 N–H and O–H groups in total. The van der Waals surface area contributed by atoms with E-state index in [2.05, 4.69) is 13.8 Å². The molecule has 0 spiro atoms. The first-order valence-corrected chi connectivity index (χ1v) is 12.0. The Bertz CT molecular complexity index is 315. The van der Waals surface area contributed by atoms with Crippen molar-refractivity contribution in [3.63, 3.8) is 0 Å². The maximum Gasteiger partial charge on any atom is 0.0701 e. The van der Waals surface area contributed by atoms with E-state index in [1.165, 1.54) is 77.0 Å². The number of ether oxygens (including phenoxy) is 3. The zero-order valence-electron chi connectivity index (χ0n) is 18.3. The van der Waals surface area contributed by atoms with Crippen molar-refractivity contribution in [2.24, 2.45) is 23.7 Å². The van der Waals surface area contributed by atoms with Gasteiger partial charge in [-0.1, -0.05) is 52.4 Å². The standard InChI is InChI=1S/C24H46O3/c1-3-21-9-11-23(19-21)7-5-13-25-15-17-27-18-16-26-14-6-8-24-12-10-22(4-2)20-24/h21-24H,3-20H2,1-2H3. The Balaban J connectivity index is 1.25. The molecule has 2 rings (SSSR count). The second-order valence-electron chi connectivity index (χ2n) is 9.03. The molecule has 0 aromatic carbocycles. The Labute approximate surface area is 168 Å². The van der Waals surface area contributed by atoms with Crippen molar-refractivity contribution < 1.29 is 14.2 Å². The van der Waals surface area contributed by atoms with Gasteiger partial charge in [-0.3, -0.25) is 0 Å². The molecule has 27 heavy (non-hydrogen) atoms. The molecule has 4 atom stereocenters. The first-order chi connectivity index (χ1) is 13.3. The molecule has 3 nitrogen and oxygen atoms in total. The second-order valence-corrected chi connectivity index (χ2v) is 9.03. The van der Waals surface area contributed by atoms with Crippen molar-refractivity contribution >= 4 is 0 Å². The Hall–Kier alpha value is -0.120. The van der Waals surface area contributed by atoms with Gasteiger partial charge in [0.15, 0.2) is 0 Å². The largest absolute Gasteiger partial charge is 0.379 e. The highest BCUT2D eigenvalue weighted by Gasteiger charge is 2.23. The van der Waals surface area contributed by atoms with Gasteiger partial charge >= 0.3 is 0 Å².